The molecular formula is C46H57N4O8S2+. The van der Waals surface area contributed by atoms with Gasteiger partial charge in [0.25, 0.3) is 5.91 Å². The molecule has 4 heterocycles. The van der Waals surface area contributed by atoms with E-state index in [2.05, 4.69) is 11.0 Å². The van der Waals surface area contributed by atoms with Crippen LogP contribution in [0.15, 0.2) is 63.8 Å². The molecule has 60 heavy (non-hydrogen) atoms. The highest BCUT2D eigenvalue weighted by molar-refractivity contribution is 7.86. The average Bonchev–Trinajstić information content (AvgIpc) is 3.64. The van der Waals surface area contributed by atoms with Crippen LogP contribution in [0.5, 0.6) is 0 Å². The van der Waals surface area contributed by atoms with E-state index < -0.39 is 38.6 Å². The van der Waals surface area contributed by atoms with E-state index in [-0.39, 0.29) is 42.4 Å². The summed E-state index contributed by atoms with van der Waals surface area (Å²) >= 11 is 1.39. The maximum Gasteiger partial charge on any atom is 0.347 e. The standard InChI is InChI=1S/C46H56N4O8S2/c1-7-50(8-2,9-3)37(60(54,55)56)24-28-49(27-16-23-38(51)58-46(4,5)6)44(52)32-19-11-10-18-31(32)39-34-29-30-17-14-25-48-26-15-20-33(41(30)48)42(34)57-45(53)40(39)43-47-35-21-12-13-22-36(35)59-43/h10-13,18-19,21-22,29,37H,7-9,14-17,20,23-28H2,1-6H3/p+1. The molecule has 0 aliphatic carbocycles. The number of nitrogens with zero attached hydrogens (tertiary/aromatic N) is 4. The summed E-state index contributed by atoms with van der Waals surface area (Å²) in [4.78, 5) is 51.6. The van der Waals surface area contributed by atoms with Crippen LogP contribution in [0.1, 0.15) is 95.1 Å². The predicted molar refractivity (Wildman–Crippen MR) is 238 cm³/mol. The van der Waals surface area contributed by atoms with E-state index in [0.29, 0.717) is 46.9 Å². The fraction of sp³-hybridized carbons (Fsp3) is 0.478. The van der Waals surface area contributed by atoms with Gasteiger partial charge >= 0.3 is 21.7 Å². The van der Waals surface area contributed by atoms with E-state index in [4.69, 9.17) is 14.1 Å². The molecule has 0 fully saturated rings. The van der Waals surface area contributed by atoms with Crippen molar-refractivity contribution in [1.82, 2.24) is 9.88 Å². The van der Waals surface area contributed by atoms with Crippen LogP contribution in [0.2, 0.25) is 0 Å². The Morgan fingerprint density at radius 1 is 0.983 bits per heavy atom. The van der Waals surface area contributed by atoms with Crippen molar-refractivity contribution in [1.29, 1.82) is 0 Å². The van der Waals surface area contributed by atoms with Gasteiger partial charge in [0.2, 0.25) is 5.37 Å². The predicted octanol–water partition coefficient (Wildman–Crippen LogP) is 8.48. The summed E-state index contributed by atoms with van der Waals surface area (Å²) in [6.45, 7) is 14.5. The Bertz CT molecular complexity index is 2550. The first-order chi connectivity index (χ1) is 28.6. The third-order valence-electron chi connectivity index (χ3n) is 12.3. The third kappa shape index (κ3) is 8.61. The van der Waals surface area contributed by atoms with Gasteiger partial charge in [0.05, 0.1) is 29.9 Å². The summed E-state index contributed by atoms with van der Waals surface area (Å²) < 4.78 is 49.8. The lowest BCUT2D eigenvalue weighted by molar-refractivity contribution is -0.934. The van der Waals surface area contributed by atoms with Crippen LogP contribution in [0.25, 0.3) is 42.9 Å². The quantitative estimate of drug-likeness (QED) is 0.0471. The Morgan fingerprint density at radius 3 is 2.35 bits per heavy atom. The second-order valence-corrected chi connectivity index (χ2v) is 19.6. The van der Waals surface area contributed by atoms with Crippen molar-refractivity contribution < 1.29 is 36.2 Å². The number of rotatable bonds is 15. The Hall–Kier alpha value is -4.63. The molecule has 5 aromatic rings. The molecule has 12 nitrogen and oxygen atoms in total. The van der Waals surface area contributed by atoms with E-state index in [0.717, 1.165) is 65.6 Å². The van der Waals surface area contributed by atoms with Crippen LogP contribution in [0.3, 0.4) is 0 Å². The molecule has 1 amide bonds. The van der Waals surface area contributed by atoms with Crippen molar-refractivity contribution in [2.75, 3.05) is 50.7 Å². The average molecular weight is 858 g/mol. The number of benzene rings is 3. The molecule has 1 unspecified atom stereocenters. The maximum atomic E-state index is 15.3. The molecule has 1 N–H and O–H groups in total. The summed E-state index contributed by atoms with van der Waals surface area (Å²) in [6, 6.07) is 17.0. The summed E-state index contributed by atoms with van der Waals surface area (Å²) in [6.07, 6.45) is 3.83. The van der Waals surface area contributed by atoms with Gasteiger partial charge in [-0.25, -0.2) is 9.78 Å². The van der Waals surface area contributed by atoms with Crippen molar-refractivity contribution >= 4 is 60.2 Å². The number of esters is 1. The smallest absolute Gasteiger partial charge is 0.347 e. The summed E-state index contributed by atoms with van der Waals surface area (Å²) in [5.41, 5.74) is 5.05. The zero-order valence-corrected chi connectivity index (χ0v) is 37.2. The molecule has 0 saturated heterocycles. The number of anilines is 1. The highest BCUT2D eigenvalue weighted by atomic mass is 32.2. The fourth-order valence-electron chi connectivity index (χ4n) is 9.40. The number of hydrogen-bond donors (Lipinski definition) is 1. The van der Waals surface area contributed by atoms with Gasteiger partial charge in [-0.1, -0.05) is 30.3 Å². The van der Waals surface area contributed by atoms with Crippen LogP contribution in [0, 0.1) is 0 Å². The van der Waals surface area contributed by atoms with Crippen molar-refractivity contribution in [3.8, 4) is 21.7 Å². The Labute approximate surface area is 356 Å². The number of aryl methyl sites for hydroxylation is 2. The number of aromatic nitrogens is 1. The molecule has 0 bridgehead atoms. The van der Waals surface area contributed by atoms with Crippen LogP contribution in [0.4, 0.5) is 5.69 Å². The minimum absolute atomic E-state index is 0.0121. The maximum absolute atomic E-state index is 15.3. The zero-order chi connectivity index (χ0) is 43.0. The first-order valence-electron chi connectivity index (χ1n) is 21.3. The van der Waals surface area contributed by atoms with Gasteiger partial charge in [-0.3, -0.25) is 14.1 Å². The second-order valence-electron chi connectivity index (χ2n) is 17.0. The Morgan fingerprint density at radius 2 is 1.67 bits per heavy atom. The van der Waals surface area contributed by atoms with E-state index in [1.807, 2.05) is 57.2 Å². The van der Waals surface area contributed by atoms with Crippen molar-refractivity contribution in [3.05, 3.63) is 81.7 Å². The van der Waals surface area contributed by atoms with Gasteiger partial charge < -0.3 is 23.4 Å². The van der Waals surface area contributed by atoms with Gasteiger partial charge in [-0.05, 0) is 109 Å². The molecule has 2 aliphatic heterocycles. The molecule has 1 atom stereocenters. The summed E-state index contributed by atoms with van der Waals surface area (Å²) in [5.74, 6) is -0.799. The second kappa shape index (κ2) is 17.4. The number of carbonyl (C=O) groups excluding carboxylic acids is 2. The Balaban J connectivity index is 1.39. The molecule has 320 valence electrons. The lowest BCUT2D eigenvalue weighted by atomic mass is 9.86. The molecule has 3 aromatic carbocycles. The first-order valence-corrected chi connectivity index (χ1v) is 23.6. The van der Waals surface area contributed by atoms with Crippen LogP contribution >= 0.6 is 11.3 Å². The largest absolute Gasteiger partial charge is 0.460 e. The van der Waals surface area contributed by atoms with Crippen molar-refractivity contribution in [2.24, 2.45) is 0 Å². The van der Waals surface area contributed by atoms with E-state index in [9.17, 15) is 22.6 Å². The lowest BCUT2D eigenvalue weighted by Gasteiger charge is -2.41. The minimum atomic E-state index is -4.53. The molecule has 0 radical (unpaired) electrons. The molecule has 14 heteroatoms. The minimum Gasteiger partial charge on any atom is -0.460 e. The number of ether oxygens (including phenoxy) is 1. The fourth-order valence-corrected chi connectivity index (χ4v) is 11.8. The molecule has 2 aromatic heterocycles. The number of carbonyl (C=O) groups is 2. The number of hydrogen-bond acceptors (Lipinski definition) is 10. The zero-order valence-electron chi connectivity index (χ0n) is 35.6. The third-order valence-corrected chi connectivity index (χ3v) is 14.8. The highest BCUT2D eigenvalue weighted by Crippen LogP contribution is 2.46. The number of amides is 1. The molecule has 7 rings (SSSR count). The van der Waals surface area contributed by atoms with Gasteiger partial charge in [-0.15, -0.1) is 11.3 Å². The van der Waals surface area contributed by atoms with Gasteiger partial charge in [0.15, 0.2) is 0 Å². The summed E-state index contributed by atoms with van der Waals surface area (Å²) in [7, 11) is -4.53. The number of para-hydroxylation sites is 1. The van der Waals surface area contributed by atoms with Gasteiger partial charge in [0, 0.05) is 66.8 Å². The van der Waals surface area contributed by atoms with E-state index in [1.165, 1.54) is 16.9 Å². The number of quaternary nitrogens is 1. The first kappa shape index (κ1) is 43.5. The monoisotopic (exact) mass is 857 g/mol. The van der Waals surface area contributed by atoms with Gasteiger partial charge in [-0.2, -0.15) is 8.42 Å². The van der Waals surface area contributed by atoms with Crippen molar-refractivity contribution in [2.45, 2.75) is 97.5 Å². The molecule has 0 spiro atoms. The highest BCUT2D eigenvalue weighted by Gasteiger charge is 2.42. The van der Waals surface area contributed by atoms with E-state index in [1.54, 1.807) is 37.8 Å². The van der Waals surface area contributed by atoms with Crippen LogP contribution < -0.4 is 10.5 Å². The van der Waals surface area contributed by atoms with Crippen LogP contribution in [-0.2, 0) is 32.5 Å². The number of fused-ring (bicyclic) bond motifs is 3. The number of thiazole rings is 1. The van der Waals surface area contributed by atoms with E-state index >= 15 is 4.79 Å². The van der Waals surface area contributed by atoms with Crippen LogP contribution in [-0.4, -0.2) is 96.0 Å². The SMILES string of the molecule is CC[N+](CC)(CC)C(CCN(CCCC(=O)OC(C)(C)C)C(=O)c1ccccc1-c1c(-c2nc3ccccc3s2)c(=O)oc2c3c4c(cc12)CCCN4CCC3)S(=O)(=O)O. The summed E-state index contributed by atoms with van der Waals surface area (Å²) in [5, 5.41) is 0.0421. The normalized spacial score (nSPS) is 14.9. The lowest BCUT2D eigenvalue weighted by Crippen LogP contribution is -2.59. The Kier molecular flexibility index (Phi) is 12.6. The van der Waals surface area contributed by atoms with Gasteiger partial charge in [0.1, 0.15) is 21.8 Å². The topological polar surface area (TPSA) is 147 Å². The molecule has 2 aliphatic rings. The molecular weight excluding hydrogens is 801 g/mol. The van der Waals surface area contributed by atoms with Crippen molar-refractivity contribution in [3.63, 3.8) is 0 Å². The molecule has 0 saturated carbocycles.